The number of carbonyl (C=O) groups excluding carboxylic acids is 2. The molecule has 0 unspecified atom stereocenters. The smallest absolute Gasteiger partial charge is 0.309 e. The van der Waals surface area contributed by atoms with Crippen molar-refractivity contribution in [2.45, 2.75) is 167 Å². The predicted octanol–water partition coefficient (Wildman–Crippen LogP) is 6.72. The summed E-state index contributed by atoms with van der Waals surface area (Å²) in [5.74, 6) is -1.33. The first-order valence-electron chi connectivity index (χ1n) is 17.6. The van der Waals surface area contributed by atoms with E-state index in [1.807, 2.05) is 6.08 Å². The summed E-state index contributed by atoms with van der Waals surface area (Å²) in [4.78, 5) is 24.0. The fourth-order valence-electron chi connectivity index (χ4n) is 5.76. The zero-order valence-corrected chi connectivity index (χ0v) is 27.8. The van der Waals surface area contributed by atoms with E-state index in [9.17, 15) is 30.0 Å². The molecule has 256 valence electrons. The summed E-state index contributed by atoms with van der Waals surface area (Å²) in [5, 5.41) is 41.0. The van der Waals surface area contributed by atoms with Gasteiger partial charge in [0, 0.05) is 18.8 Å². The van der Waals surface area contributed by atoms with E-state index in [-0.39, 0.29) is 43.9 Å². The lowest BCUT2D eigenvalue weighted by Gasteiger charge is -2.19. The van der Waals surface area contributed by atoms with Crippen LogP contribution in [0.25, 0.3) is 0 Å². The standard InChI is InChI=1S/C36H64O8/c1-3-5-7-8-9-10-11-12-13-14-15-17-22-35(41)43-27-30(38)28-44-36(42)23-19-18-21-31-32(34(40)26-33(31)39)25-24-29(37)20-16-6-4-2/h18-19,24-25,29-34,37-40H,3-17,20-23,26-28H2,1-2H3/b19-18-,25-24+/t29-,30+,31+,32-,33+,34-/m1/s1. The molecule has 0 bridgehead atoms. The number of aliphatic hydroxyl groups is 4. The molecule has 0 aromatic carbocycles. The van der Waals surface area contributed by atoms with Crippen molar-refractivity contribution in [3.05, 3.63) is 24.3 Å². The molecule has 0 amide bonds. The van der Waals surface area contributed by atoms with Crippen molar-refractivity contribution in [1.29, 1.82) is 0 Å². The second kappa shape index (κ2) is 26.5. The maximum Gasteiger partial charge on any atom is 0.309 e. The third-order valence-corrected chi connectivity index (χ3v) is 8.54. The number of hydrogen-bond acceptors (Lipinski definition) is 8. The molecule has 0 saturated heterocycles. The first kappa shape index (κ1) is 40.3. The van der Waals surface area contributed by atoms with Gasteiger partial charge in [-0.05, 0) is 25.2 Å². The molecule has 1 aliphatic carbocycles. The van der Waals surface area contributed by atoms with E-state index < -0.39 is 30.4 Å². The zero-order valence-electron chi connectivity index (χ0n) is 27.8. The van der Waals surface area contributed by atoms with E-state index in [0.29, 0.717) is 19.3 Å². The van der Waals surface area contributed by atoms with Crippen molar-refractivity contribution in [3.8, 4) is 0 Å². The molecule has 8 heteroatoms. The monoisotopic (exact) mass is 624 g/mol. The maximum absolute atomic E-state index is 12.1. The molecule has 6 atom stereocenters. The molecule has 44 heavy (non-hydrogen) atoms. The summed E-state index contributed by atoms with van der Waals surface area (Å²) in [5.41, 5.74) is 0. The molecule has 1 saturated carbocycles. The summed E-state index contributed by atoms with van der Waals surface area (Å²) >= 11 is 0. The second-order valence-corrected chi connectivity index (χ2v) is 12.6. The van der Waals surface area contributed by atoms with Crippen LogP contribution in [0.2, 0.25) is 0 Å². The highest BCUT2D eigenvalue weighted by atomic mass is 16.6. The Morgan fingerprint density at radius 3 is 1.89 bits per heavy atom. The third-order valence-electron chi connectivity index (χ3n) is 8.54. The Hall–Kier alpha value is -1.74. The van der Waals surface area contributed by atoms with Gasteiger partial charge in [-0.15, -0.1) is 0 Å². The fourth-order valence-corrected chi connectivity index (χ4v) is 5.76. The molecule has 0 aliphatic heterocycles. The normalized spacial score (nSPS) is 21.7. The quantitative estimate of drug-likeness (QED) is 0.0450. The predicted molar refractivity (Wildman–Crippen MR) is 175 cm³/mol. The van der Waals surface area contributed by atoms with Crippen LogP contribution in [0.1, 0.15) is 142 Å². The molecule has 0 heterocycles. The number of carbonyl (C=O) groups is 2. The van der Waals surface area contributed by atoms with Crippen LogP contribution in [0.3, 0.4) is 0 Å². The summed E-state index contributed by atoms with van der Waals surface area (Å²) < 4.78 is 10.2. The van der Waals surface area contributed by atoms with E-state index in [2.05, 4.69) is 13.8 Å². The van der Waals surface area contributed by atoms with E-state index in [1.54, 1.807) is 18.2 Å². The van der Waals surface area contributed by atoms with E-state index in [4.69, 9.17) is 9.47 Å². The molecule has 0 aromatic rings. The van der Waals surface area contributed by atoms with Crippen LogP contribution < -0.4 is 0 Å². The van der Waals surface area contributed by atoms with E-state index in [0.717, 1.165) is 38.5 Å². The molecule has 8 nitrogen and oxygen atoms in total. The lowest BCUT2D eigenvalue weighted by molar-refractivity contribution is -0.151. The number of esters is 2. The Morgan fingerprint density at radius 2 is 1.27 bits per heavy atom. The van der Waals surface area contributed by atoms with Crippen LogP contribution in [0.4, 0.5) is 0 Å². The Balaban J connectivity index is 2.13. The van der Waals surface area contributed by atoms with E-state index >= 15 is 0 Å². The minimum atomic E-state index is -1.08. The van der Waals surface area contributed by atoms with Crippen LogP contribution in [-0.4, -0.2) is 70.0 Å². The Kier molecular flexibility index (Phi) is 24.2. The summed E-state index contributed by atoms with van der Waals surface area (Å²) in [6, 6.07) is 0. The van der Waals surface area contributed by atoms with Gasteiger partial charge < -0.3 is 29.9 Å². The van der Waals surface area contributed by atoms with Gasteiger partial charge in [0.2, 0.25) is 0 Å². The Bertz CT molecular complexity index is 782. The number of allylic oxidation sites excluding steroid dienone is 1. The van der Waals surface area contributed by atoms with Gasteiger partial charge in [-0.3, -0.25) is 9.59 Å². The SMILES string of the molecule is CCCCCCCCCCCCCCC(=O)OC[C@H](O)COC(=O)C/C=C\C[C@H]1[C@@H](/C=C/[C@H](O)CCCCC)[C@H](O)C[C@@H]1O. The number of hydrogen-bond donors (Lipinski definition) is 4. The average molecular weight is 625 g/mol. The molecular formula is C36H64O8. The Labute approximate surface area is 267 Å². The summed E-state index contributed by atoms with van der Waals surface area (Å²) in [6.07, 6.45) is 23.6. The number of unbranched alkanes of at least 4 members (excludes halogenated alkanes) is 13. The highest BCUT2D eigenvalue weighted by molar-refractivity contribution is 5.71. The topological polar surface area (TPSA) is 134 Å². The van der Waals surface area contributed by atoms with Crippen molar-refractivity contribution >= 4 is 11.9 Å². The first-order chi connectivity index (χ1) is 21.3. The van der Waals surface area contributed by atoms with Crippen LogP contribution in [-0.2, 0) is 19.1 Å². The van der Waals surface area contributed by atoms with Gasteiger partial charge in [0.1, 0.15) is 19.3 Å². The third kappa shape index (κ3) is 20.3. The second-order valence-electron chi connectivity index (χ2n) is 12.6. The molecule has 0 aromatic heterocycles. The first-order valence-corrected chi connectivity index (χ1v) is 17.6. The minimum Gasteiger partial charge on any atom is -0.463 e. The maximum atomic E-state index is 12.1. The number of aliphatic hydroxyl groups excluding tert-OH is 4. The molecule has 1 fully saturated rings. The van der Waals surface area contributed by atoms with Gasteiger partial charge in [-0.1, -0.05) is 128 Å². The molecular weight excluding hydrogens is 560 g/mol. The van der Waals surface area contributed by atoms with Crippen LogP contribution >= 0.6 is 0 Å². The zero-order chi connectivity index (χ0) is 32.4. The minimum absolute atomic E-state index is 0.00742. The summed E-state index contributed by atoms with van der Waals surface area (Å²) in [6.45, 7) is 3.90. The van der Waals surface area contributed by atoms with Crippen molar-refractivity contribution in [2.75, 3.05) is 13.2 Å². The number of ether oxygens (including phenoxy) is 2. The van der Waals surface area contributed by atoms with Crippen molar-refractivity contribution in [2.24, 2.45) is 11.8 Å². The lowest BCUT2D eigenvalue weighted by atomic mass is 9.89. The van der Waals surface area contributed by atoms with Crippen LogP contribution in [0.15, 0.2) is 24.3 Å². The van der Waals surface area contributed by atoms with Crippen LogP contribution in [0, 0.1) is 11.8 Å². The van der Waals surface area contributed by atoms with Crippen LogP contribution in [0.5, 0.6) is 0 Å². The highest BCUT2D eigenvalue weighted by Gasteiger charge is 2.39. The van der Waals surface area contributed by atoms with Gasteiger partial charge in [0.25, 0.3) is 0 Å². The van der Waals surface area contributed by atoms with E-state index in [1.165, 1.54) is 57.8 Å². The molecule has 0 spiro atoms. The lowest BCUT2D eigenvalue weighted by Crippen LogP contribution is -2.25. The van der Waals surface area contributed by atoms with Gasteiger partial charge in [-0.2, -0.15) is 0 Å². The van der Waals surface area contributed by atoms with Gasteiger partial charge >= 0.3 is 11.9 Å². The number of rotatable bonds is 27. The average Bonchev–Trinajstić information content (AvgIpc) is 3.27. The van der Waals surface area contributed by atoms with Gasteiger partial charge in [-0.25, -0.2) is 0 Å². The molecule has 0 radical (unpaired) electrons. The molecule has 4 N–H and O–H groups in total. The molecule has 1 rings (SSSR count). The van der Waals surface area contributed by atoms with Gasteiger partial charge in [0.05, 0.1) is 24.7 Å². The van der Waals surface area contributed by atoms with Crippen molar-refractivity contribution < 1.29 is 39.5 Å². The van der Waals surface area contributed by atoms with Gasteiger partial charge in [0.15, 0.2) is 0 Å². The Morgan fingerprint density at radius 1 is 0.727 bits per heavy atom. The highest BCUT2D eigenvalue weighted by Crippen LogP contribution is 2.36. The molecule has 1 aliphatic rings. The summed E-state index contributed by atoms with van der Waals surface area (Å²) in [7, 11) is 0. The van der Waals surface area contributed by atoms with Crippen molar-refractivity contribution in [1.82, 2.24) is 0 Å². The van der Waals surface area contributed by atoms with Crippen molar-refractivity contribution in [3.63, 3.8) is 0 Å². The largest absolute Gasteiger partial charge is 0.463 e. The fraction of sp³-hybridized carbons (Fsp3) is 0.833.